The van der Waals surface area contributed by atoms with Crippen LogP contribution in [-0.2, 0) is 4.79 Å². The Labute approximate surface area is 98.4 Å². The fourth-order valence-corrected chi connectivity index (χ4v) is 7.93. The van der Waals surface area contributed by atoms with Crippen LogP contribution in [0, 0.1) is 23.2 Å². The van der Waals surface area contributed by atoms with Crippen molar-refractivity contribution in [2.45, 2.75) is 43.9 Å². The summed E-state index contributed by atoms with van der Waals surface area (Å²) in [6, 6.07) is 2.48. The van der Waals surface area contributed by atoms with Gasteiger partial charge in [-0.1, -0.05) is 25.7 Å². The molecule has 0 bridgehead atoms. The minimum Gasteiger partial charge on any atom is -0.298 e. The molecule has 3 atom stereocenters. The first-order valence-corrected chi connectivity index (χ1v) is 9.54. The van der Waals surface area contributed by atoms with Gasteiger partial charge < -0.3 is 0 Å². The first-order valence-electron chi connectivity index (χ1n) is 6.04. The highest BCUT2D eigenvalue weighted by molar-refractivity contribution is 6.80. The first-order chi connectivity index (χ1) is 7.48. The van der Waals surface area contributed by atoms with Crippen LogP contribution in [0.1, 0.15) is 19.3 Å². The molecule has 0 aromatic rings. The molecule has 0 N–H and O–H groups in total. The molecule has 0 amide bonds. The lowest BCUT2D eigenvalue weighted by Crippen LogP contribution is -2.45. The quantitative estimate of drug-likeness (QED) is 0.543. The molecule has 0 saturated heterocycles. The molecule has 16 heavy (non-hydrogen) atoms. The summed E-state index contributed by atoms with van der Waals surface area (Å²) in [6.07, 6.45) is 6.23. The minimum atomic E-state index is -1.57. The molecule has 0 heterocycles. The Balaban J connectivity index is 2.58. The fourth-order valence-electron chi connectivity index (χ4n) is 4.17. The van der Waals surface area contributed by atoms with Crippen molar-refractivity contribution in [1.82, 2.24) is 0 Å². The van der Waals surface area contributed by atoms with Gasteiger partial charge in [-0.2, -0.15) is 5.26 Å². The van der Waals surface area contributed by atoms with Crippen molar-refractivity contribution in [2.75, 3.05) is 0 Å². The molecule has 1 fully saturated rings. The number of aldehydes is 1. The van der Waals surface area contributed by atoms with Gasteiger partial charge >= 0.3 is 0 Å². The van der Waals surface area contributed by atoms with Crippen molar-refractivity contribution < 1.29 is 4.79 Å². The second kappa shape index (κ2) is 3.56. The van der Waals surface area contributed by atoms with Crippen LogP contribution < -0.4 is 0 Å². The Morgan fingerprint density at radius 2 is 2.19 bits per heavy atom. The first kappa shape index (κ1) is 11.6. The maximum Gasteiger partial charge on any atom is 0.146 e. The van der Waals surface area contributed by atoms with Gasteiger partial charge in [-0.25, -0.2) is 0 Å². The fraction of sp³-hybridized carbons (Fsp3) is 0.692. The lowest BCUT2D eigenvalue weighted by Gasteiger charge is -2.44. The van der Waals surface area contributed by atoms with Crippen LogP contribution in [0.2, 0.25) is 24.7 Å². The van der Waals surface area contributed by atoms with Crippen molar-refractivity contribution >= 4 is 14.4 Å². The Morgan fingerprint density at radius 3 is 2.69 bits per heavy atom. The number of carbonyl (C=O) groups excluding carboxylic acids is 1. The molecule has 0 spiro atoms. The average molecular weight is 233 g/mol. The van der Waals surface area contributed by atoms with Crippen LogP contribution in [-0.4, -0.2) is 14.4 Å². The van der Waals surface area contributed by atoms with Gasteiger partial charge in [0.25, 0.3) is 0 Å². The van der Waals surface area contributed by atoms with Crippen molar-refractivity contribution in [2.24, 2.45) is 11.8 Å². The second-order valence-corrected chi connectivity index (χ2v) is 11.4. The van der Waals surface area contributed by atoms with Gasteiger partial charge in [0.1, 0.15) is 6.29 Å². The van der Waals surface area contributed by atoms with Crippen molar-refractivity contribution in [3.8, 4) is 6.07 Å². The molecule has 2 rings (SSSR count). The summed E-state index contributed by atoms with van der Waals surface area (Å²) in [7, 11) is -1.57. The zero-order chi connectivity index (χ0) is 12.0. The van der Waals surface area contributed by atoms with Crippen molar-refractivity contribution in [3.05, 3.63) is 11.6 Å². The molecule has 1 unspecified atom stereocenters. The van der Waals surface area contributed by atoms with E-state index < -0.39 is 8.07 Å². The Morgan fingerprint density at radius 1 is 1.50 bits per heavy atom. The predicted octanol–water partition coefficient (Wildman–Crippen LogP) is 3.14. The van der Waals surface area contributed by atoms with Crippen LogP contribution in [0.3, 0.4) is 0 Å². The molecule has 1 saturated carbocycles. The topological polar surface area (TPSA) is 40.9 Å². The van der Waals surface area contributed by atoms with Gasteiger partial charge in [0.2, 0.25) is 0 Å². The number of hydrogen-bond donors (Lipinski definition) is 0. The van der Waals surface area contributed by atoms with Crippen LogP contribution >= 0.6 is 0 Å². The van der Waals surface area contributed by atoms with E-state index in [-0.39, 0.29) is 11.0 Å². The maximum atomic E-state index is 11.3. The van der Waals surface area contributed by atoms with E-state index in [1.54, 1.807) is 0 Å². The molecular weight excluding hydrogens is 214 g/mol. The summed E-state index contributed by atoms with van der Waals surface area (Å²) in [5, 5.41) is 9.33. The molecule has 0 aromatic heterocycles. The van der Waals surface area contributed by atoms with Crippen LogP contribution in [0.25, 0.3) is 0 Å². The predicted molar refractivity (Wildman–Crippen MR) is 66.6 cm³/mol. The summed E-state index contributed by atoms with van der Waals surface area (Å²) in [5.41, 5.74) is 0.945. The van der Waals surface area contributed by atoms with E-state index in [9.17, 15) is 10.1 Å². The van der Waals surface area contributed by atoms with Crippen molar-refractivity contribution in [1.29, 1.82) is 5.26 Å². The smallest absolute Gasteiger partial charge is 0.146 e. The molecule has 2 aliphatic rings. The molecule has 86 valence electrons. The molecule has 2 aliphatic carbocycles. The number of fused-ring (bicyclic) bond motifs is 1. The van der Waals surface area contributed by atoms with Gasteiger partial charge in [-0.15, -0.1) is 0 Å². The average Bonchev–Trinajstić information content (AvgIpc) is 2.72. The van der Waals surface area contributed by atoms with Crippen LogP contribution in [0.4, 0.5) is 0 Å². The number of nitriles is 1. The summed E-state index contributed by atoms with van der Waals surface area (Å²) >= 11 is 0. The standard InChI is InChI=1S/C13H19NOSi/c1-16(2,3)13-10(4-6-11(13)8-14)5-7-12(13)9-15/h7,9-11H,4-6H2,1-3H3/t10?,11-,13-/m1/s1. The molecule has 0 aromatic carbocycles. The van der Waals surface area contributed by atoms with Crippen LogP contribution in [0.5, 0.6) is 0 Å². The van der Waals surface area contributed by atoms with E-state index in [2.05, 4.69) is 31.8 Å². The highest BCUT2D eigenvalue weighted by Crippen LogP contribution is 2.67. The van der Waals surface area contributed by atoms with Gasteiger partial charge in [-0.05, 0) is 30.8 Å². The molecule has 2 nitrogen and oxygen atoms in total. The SMILES string of the molecule is C[Si](C)(C)[C@]12C(C=O)=CCC1CC[C@@H]2C#N. The normalized spacial score (nSPS) is 37.8. The summed E-state index contributed by atoms with van der Waals surface area (Å²) < 4.78 is 0. The Kier molecular flexibility index (Phi) is 2.58. The zero-order valence-electron chi connectivity index (χ0n) is 10.3. The number of carbonyl (C=O) groups is 1. The lowest BCUT2D eigenvalue weighted by atomic mass is 9.87. The number of hydrogen-bond acceptors (Lipinski definition) is 2. The largest absolute Gasteiger partial charge is 0.298 e. The van der Waals surface area contributed by atoms with Gasteiger partial charge in [0.05, 0.1) is 20.1 Å². The van der Waals surface area contributed by atoms with E-state index in [1.165, 1.54) is 0 Å². The minimum absolute atomic E-state index is 0.0521. The molecule has 0 aliphatic heterocycles. The van der Waals surface area contributed by atoms with Gasteiger partial charge in [0.15, 0.2) is 0 Å². The van der Waals surface area contributed by atoms with E-state index in [0.29, 0.717) is 5.92 Å². The number of allylic oxidation sites excluding steroid dienone is 2. The molecular formula is C13H19NOSi. The second-order valence-electron chi connectivity index (χ2n) is 6.09. The summed E-state index contributed by atoms with van der Waals surface area (Å²) in [5.74, 6) is 0.632. The Bertz CT molecular complexity index is 388. The third kappa shape index (κ3) is 1.20. The van der Waals surface area contributed by atoms with E-state index >= 15 is 0 Å². The van der Waals surface area contributed by atoms with Crippen LogP contribution in [0.15, 0.2) is 11.6 Å². The van der Waals surface area contributed by atoms with E-state index in [1.807, 2.05) is 0 Å². The highest BCUT2D eigenvalue weighted by atomic mass is 28.3. The number of nitrogens with zero attached hydrogens (tertiary/aromatic N) is 1. The van der Waals surface area contributed by atoms with E-state index in [0.717, 1.165) is 31.1 Å². The Hall–Kier alpha value is -0.883. The number of rotatable bonds is 2. The highest BCUT2D eigenvalue weighted by Gasteiger charge is 2.61. The summed E-state index contributed by atoms with van der Waals surface area (Å²) in [4.78, 5) is 11.3. The lowest BCUT2D eigenvalue weighted by molar-refractivity contribution is -0.105. The zero-order valence-corrected chi connectivity index (χ0v) is 11.3. The summed E-state index contributed by atoms with van der Waals surface area (Å²) in [6.45, 7) is 6.91. The monoisotopic (exact) mass is 233 g/mol. The molecule has 3 heteroatoms. The van der Waals surface area contributed by atoms with Gasteiger partial charge in [-0.3, -0.25) is 4.79 Å². The third-order valence-electron chi connectivity index (χ3n) is 4.62. The third-order valence-corrected chi connectivity index (χ3v) is 8.15. The maximum absolute atomic E-state index is 11.3. The molecule has 0 radical (unpaired) electrons. The van der Waals surface area contributed by atoms with E-state index in [4.69, 9.17) is 0 Å². The van der Waals surface area contributed by atoms with Gasteiger partial charge in [0, 0.05) is 5.04 Å². The van der Waals surface area contributed by atoms with Crippen molar-refractivity contribution in [3.63, 3.8) is 0 Å².